The molecule has 2 N–H and O–H groups in total. The molecule has 0 radical (unpaired) electrons. The van der Waals surface area contributed by atoms with Gasteiger partial charge in [0.1, 0.15) is 6.04 Å². The Hall–Kier alpha value is -1.10. The van der Waals surface area contributed by atoms with Crippen LogP contribution in [0.25, 0.3) is 0 Å². The number of ether oxygens (including phenoxy) is 1. The third-order valence-electron chi connectivity index (χ3n) is 5.24. The van der Waals surface area contributed by atoms with Crippen molar-refractivity contribution in [3.05, 3.63) is 35.4 Å². The molecule has 1 heterocycles. The number of likely N-dealkylation sites (tertiary alicyclic amines) is 1. The van der Waals surface area contributed by atoms with Gasteiger partial charge in [0, 0.05) is 25.6 Å². The van der Waals surface area contributed by atoms with Crippen LogP contribution in [0.5, 0.6) is 0 Å². The van der Waals surface area contributed by atoms with Gasteiger partial charge in [-0.1, -0.05) is 24.3 Å². The Balaban J connectivity index is 0.00000192. The number of piperidine rings is 1. The number of carbonyl (C=O) groups excluding carboxylic acids is 1. The van der Waals surface area contributed by atoms with Crippen LogP contribution in [0.4, 0.5) is 0 Å². The summed E-state index contributed by atoms with van der Waals surface area (Å²) in [6.45, 7) is 1.92. The van der Waals surface area contributed by atoms with Gasteiger partial charge in [0.15, 0.2) is 0 Å². The largest absolute Gasteiger partial charge is 0.383 e. The highest BCUT2D eigenvalue weighted by Gasteiger charge is 2.41. The first-order valence-corrected chi connectivity index (χ1v) is 8.28. The number of hydrogen-bond donors (Lipinski definition) is 1. The Kier molecular flexibility index (Phi) is 6.06. The van der Waals surface area contributed by atoms with Gasteiger partial charge in [0.05, 0.1) is 6.61 Å². The zero-order valence-electron chi connectivity index (χ0n) is 13.8. The van der Waals surface area contributed by atoms with Crippen molar-refractivity contribution in [2.45, 2.75) is 43.6 Å². The minimum atomic E-state index is -0.543. The molecule has 2 aliphatic rings. The highest BCUT2D eigenvalue weighted by molar-refractivity contribution is 5.85. The molecule has 2 unspecified atom stereocenters. The van der Waals surface area contributed by atoms with Crippen LogP contribution in [-0.2, 0) is 21.4 Å². The van der Waals surface area contributed by atoms with Crippen molar-refractivity contribution in [3.8, 4) is 0 Å². The third-order valence-corrected chi connectivity index (χ3v) is 5.24. The molecule has 0 bridgehead atoms. The van der Waals surface area contributed by atoms with E-state index in [1.54, 1.807) is 7.11 Å². The highest BCUT2D eigenvalue weighted by Crippen LogP contribution is 2.43. The van der Waals surface area contributed by atoms with Gasteiger partial charge >= 0.3 is 0 Å². The summed E-state index contributed by atoms with van der Waals surface area (Å²) in [6, 6.07) is 8.21. The first-order chi connectivity index (χ1) is 10.7. The number of aryl methyl sites for hydroxylation is 1. The number of nitrogens with two attached hydrogens (primary N) is 1. The molecule has 1 aliphatic heterocycles. The molecule has 23 heavy (non-hydrogen) atoms. The lowest BCUT2D eigenvalue weighted by Crippen LogP contribution is -2.54. The molecule has 5 heteroatoms. The monoisotopic (exact) mass is 338 g/mol. The molecule has 2 atom stereocenters. The first-order valence-electron chi connectivity index (χ1n) is 8.28. The summed E-state index contributed by atoms with van der Waals surface area (Å²) in [5.41, 5.74) is 9.01. The molecule has 0 aromatic heterocycles. The predicted octanol–water partition coefficient (Wildman–Crippen LogP) is 2.28. The zero-order valence-corrected chi connectivity index (χ0v) is 14.6. The molecule has 1 saturated heterocycles. The number of rotatable bonds is 3. The van der Waals surface area contributed by atoms with Crippen LogP contribution in [0, 0.1) is 0 Å². The predicted molar refractivity (Wildman–Crippen MR) is 94.0 cm³/mol. The minimum absolute atomic E-state index is 0. The van der Waals surface area contributed by atoms with Crippen LogP contribution in [-0.4, -0.2) is 43.7 Å². The van der Waals surface area contributed by atoms with E-state index < -0.39 is 6.04 Å². The van der Waals surface area contributed by atoms with Crippen LogP contribution in [0.15, 0.2) is 24.3 Å². The van der Waals surface area contributed by atoms with Crippen LogP contribution < -0.4 is 5.73 Å². The molecular weight excluding hydrogens is 312 g/mol. The van der Waals surface area contributed by atoms with E-state index in [1.807, 2.05) is 4.90 Å². The fraction of sp³-hybridized carbons (Fsp3) is 0.611. The maximum Gasteiger partial charge on any atom is 0.241 e. The summed E-state index contributed by atoms with van der Waals surface area (Å²) in [5, 5.41) is 0. The van der Waals surface area contributed by atoms with E-state index in [9.17, 15) is 4.79 Å². The lowest BCUT2D eigenvalue weighted by molar-refractivity contribution is -0.136. The van der Waals surface area contributed by atoms with E-state index in [1.165, 1.54) is 30.4 Å². The van der Waals surface area contributed by atoms with Crippen molar-refractivity contribution in [3.63, 3.8) is 0 Å². The van der Waals surface area contributed by atoms with Crippen molar-refractivity contribution in [1.82, 2.24) is 4.90 Å². The van der Waals surface area contributed by atoms with E-state index in [2.05, 4.69) is 24.3 Å². The second kappa shape index (κ2) is 7.65. The van der Waals surface area contributed by atoms with Crippen molar-refractivity contribution in [2.24, 2.45) is 5.73 Å². The van der Waals surface area contributed by atoms with Gasteiger partial charge < -0.3 is 15.4 Å². The summed E-state index contributed by atoms with van der Waals surface area (Å²) in [4.78, 5) is 14.5. The van der Waals surface area contributed by atoms with Crippen LogP contribution in [0.1, 0.15) is 36.8 Å². The molecule has 1 aromatic carbocycles. The Morgan fingerprint density at radius 3 is 2.87 bits per heavy atom. The molecule has 1 spiro atoms. The summed E-state index contributed by atoms with van der Waals surface area (Å²) in [7, 11) is 1.59. The number of fused-ring (bicyclic) bond motifs is 2. The van der Waals surface area contributed by atoms with Crippen LogP contribution in [0.2, 0.25) is 0 Å². The second-order valence-corrected chi connectivity index (χ2v) is 6.72. The van der Waals surface area contributed by atoms with Gasteiger partial charge in [0.2, 0.25) is 5.91 Å². The Labute approximate surface area is 144 Å². The van der Waals surface area contributed by atoms with Gasteiger partial charge in [-0.25, -0.2) is 0 Å². The van der Waals surface area contributed by atoms with E-state index in [0.717, 1.165) is 25.9 Å². The summed E-state index contributed by atoms with van der Waals surface area (Å²) in [6.07, 6.45) is 5.78. The van der Waals surface area contributed by atoms with Gasteiger partial charge in [-0.15, -0.1) is 12.4 Å². The highest BCUT2D eigenvalue weighted by atomic mass is 35.5. The lowest BCUT2D eigenvalue weighted by Gasteiger charge is -2.46. The maximum atomic E-state index is 12.5. The van der Waals surface area contributed by atoms with Crippen molar-refractivity contribution < 1.29 is 9.53 Å². The van der Waals surface area contributed by atoms with Crippen LogP contribution in [0.3, 0.4) is 0 Å². The Bertz CT molecular complexity index is 552. The standard InChI is InChI=1S/C18H26N2O2.ClH/c1-22-12-16(19)17(21)20-11-5-10-18(13-20)9-4-7-14-6-2-3-8-15(14)18;/h2-3,6,8,16H,4-5,7,9-13,19H2,1H3;1H. The molecule has 3 rings (SSSR count). The van der Waals surface area contributed by atoms with Gasteiger partial charge in [-0.05, 0) is 43.2 Å². The Morgan fingerprint density at radius 1 is 1.35 bits per heavy atom. The minimum Gasteiger partial charge on any atom is -0.383 e. The molecule has 4 nitrogen and oxygen atoms in total. The fourth-order valence-electron chi connectivity index (χ4n) is 4.24. The maximum absolute atomic E-state index is 12.5. The normalized spacial score (nSPS) is 24.7. The summed E-state index contributed by atoms with van der Waals surface area (Å²) < 4.78 is 5.04. The third kappa shape index (κ3) is 3.54. The molecular formula is C18H27ClN2O2. The zero-order chi connectivity index (χ0) is 15.6. The smallest absolute Gasteiger partial charge is 0.241 e. The fourth-order valence-corrected chi connectivity index (χ4v) is 4.24. The first kappa shape index (κ1) is 18.2. The number of hydrogen-bond acceptors (Lipinski definition) is 3. The number of nitrogens with zero attached hydrogens (tertiary/aromatic N) is 1. The van der Waals surface area contributed by atoms with Crippen molar-refractivity contribution in [1.29, 1.82) is 0 Å². The lowest BCUT2D eigenvalue weighted by atomic mass is 9.66. The SMILES string of the molecule is COCC(N)C(=O)N1CCCC2(CCCc3ccccc32)C1.Cl. The molecule has 0 saturated carbocycles. The van der Waals surface area contributed by atoms with Crippen molar-refractivity contribution in [2.75, 3.05) is 26.8 Å². The molecule has 1 aromatic rings. The van der Waals surface area contributed by atoms with E-state index in [4.69, 9.17) is 10.5 Å². The van der Waals surface area contributed by atoms with Crippen molar-refractivity contribution >= 4 is 18.3 Å². The quantitative estimate of drug-likeness (QED) is 0.920. The van der Waals surface area contributed by atoms with Crippen LogP contribution >= 0.6 is 12.4 Å². The molecule has 1 aliphatic carbocycles. The topological polar surface area (TPSA) is 55.6 Å². The number of benzene rings is 1. The van der Waals surface area contributed by atoms with Gasteiger partial charge in [-0.3, -0.25) is 4.79 Å². The van der Waals surface area contributed by atoms with E-state index >= 15 is 0 Å². The average Bonchev–Trinajstić information content (AvgIpc) is 2.55. The summed E-state index contributed by atoms with van der Waals surface area (Å²) >= 11 is 0. The molecule has 1 amide bonds. The second-order valence-electron chi connectivity index (χ2n) is 6.72. The number of amides is 1. The average molecular weight is 339 g/mol. The molecule has 128 valence electrons. The van der Waals surface area contributed by atoms with E-state index in [0.29, 0.717) is 6.61 Å². The van der Waals surface area contributed by atoms with Gasteiger partial charge in [-0.2, -0.15) is 0 Å². The van der Waals surface area contributed by atoms with Gasteiger partial charge in [0.25, 0.3) is 0 Å². The molecule has 1 fully saturated rings. The summed E-state index contributed by atoms with van der Waals surface area (Å²) in [5.74, 6) is 0.0315. The number of halogens is 1. The Morgan fingerprint density at radius 2 is 2.09 bits per heavy atom. The number of carbonyl (C=O) groups is 1. The van der Waals surface area contributed by atoms with E-state index in [-0.39, 0.29) is 23.7 Å². The number of methoxy groups -OCH3 is 1.